The SMILES string of the molecule is FC1CN(c2cccc3c2OC(F)CO3)CCN1. The topological polar surface area (TPSA) is 33.7 Å². The zero-order chi connectivity index (χ0) is 12.5. The van der Waals surface area contributed by atoms with Gasteiger partial charge in [-0.1, -0.05) is 6.07 Å². The summed E-state index contributed by atoms with van der Waals surface area (Å²) in [6.45, 7) is 1.31. The van der Waals surface area contributed by atoms with Crippen LogP contribution in [0.3, 0.4) is 0 Å². The number of nitrogens with one attached hydrogen (secondary N) is 1. The van der Waals surface area contributed by atoms with Crippen molar-refractivity contribution in [2.75, 3.05) is 31.1 Å². The second-order valence-electron chi connectivity index (χ2n) is 4.31. The number of halogens is 2. The van der Waals surface area contributed by atoms with Crippen molar-refractivity contribution in [3.05, 3.63) is 18.2 Å². The summed E-state index contributed by atoms with van der Waals surface area (Å²) < 4.78 is 37.0. The third-order valence-electron chi connectivity index (χ3n) is 3.04. The van der Waals surface area contributed by atoms with Gasteiger partial charge in [0.2, 0.25) is 0 Å². The summed E-state index contributed by atoms with van der Waals surface area (Å²) in [6.07, 6.45) is -2.55. The zero-order valence-corrected chi connectivity index (χ0v) is 9.73. The molecule has 1 fully saturated rings. The largest absolute Gasteiger partial charge is 0.483 e. The molecule has 98 valence electrons. The number of ether oxygens (including phenoxy) is 2. The van der Waals surface area contributed by atoms with Gasteiger partial charge in [-0.3, -0.25) is 5.32 Å². The Balaban J connectivity index is 1.92. The van der Waals surface area contributed by atoms with Crippen LogP contribution in [0.4, 0.5) is 14.5 Å². The van der Waals surface area contributed by atoms with Crippen molar-refractivity contribution in [3.63, 3.8) is 0 Å². The molecule has 1 N–H and O–H groups in total. The number of nitrogens with zero attached hydrogens (tertiary/aromatic N) is 1. The predicted octanol–water partition coefficient (Wildman–Crippen LogP) is 1.46. The van der Waals surface area contributed by atoms with Crippen molar-refractivity contribution in [2.45, 2.75) is 12.7 Å². The van der Waals surface area contributed by atoms with Crippen LogP contribution in [0.15, 0.2) is 18.2 Å². The Kier molecular flexibility index (Phi) is 2.95. The minimum atomic E-state index is -1.47. The number of fused-ring (bicyclic) bond motifs is 1. The molecule has 1 saturated heterocycles. The maximum atomic E-state index is 13.3. The first-order valence-corrected chi connectivity index (χ1v) is 5.93. The Morgan fingerprint density at radius 3 is 3.06 bits per heavy atom. The first kappa shape index (κ1) is 11.5. The summed E-state index contributed by atoms with van der Waals surface area (Å²) in [5.41, 5.74) is 0.680. The van der Waals surface area contributed by atoms with Crippen LogP contribution in [0.5, 0.6) is 11.5 Å². The fraction of sp³-hybridized carbons (Fsp3) is 0.500. The number of rotatable bonds is 1. The van der Waals surface area contributed by atoms with E-state index >= 15 is 0 Å². The normalized spacial score (nSPS) is 27.1. The van der Waals surface area contributed by atoms with E-state index in [0.717, 1.165) is 0 Å². The number of piperazine rings is 1. The summed E-state index contributed by atoms with van der Waals surface area (Å²) in [7, 11) is 0. The first-order chi connectivity index (χ1) is 8.74. The van der Waals surface area contributed by atoms with Gasteiger partial charge in [0.05, 0.1) is 12.2 Å². The molecule has 2 aliphatic rings. The summed E-state index contributed by atoms with van der Waals surface area (Å²) in [5, 5.41) is 2.72. The summed E-state index contributed by atoms with van der Waals surface area (Å²) in [4.78, 5) is 1.83. The van der Waals surface area contributed by atoms with Crippen LogP contribution >= 0.6 is 0 Å². The van der Waals surface area contributed by atoms with Crippen LogP contribution < -0.4 is 19.7 Å². The highest BCUT2D eigenvalue weighted by Gasteiger charge is 2.27. The van der Waals surface area contributed by atoms with Crippen molar-refractivity contribution in [2.24, 2.45) is 0 Å². The minimum Gasteiger partial charge on any atom is -0.483 e. The quantitative estimate of drug-likeness (QED) is 0.771. The Labute approximate surface area is 103 Å². The van der Waals surface area contributed by atoms with Crippen molar-refractivity contribution < 1.29 is 18.3 Å². The van der Waals surface area contributed by atoms with E-state index in [9.17, 15) is 8.78 Å². The van der Waals surface area contributed by atoms with E-state index in [-0.39, 0.29) is 13.2 Å². The molecular formula is C12H14F2N2O2. The molecule has 0 amide bonds. The van der Waals surface area contributed by atoms with E-state index in [1.165, 1.54) is 0 Å². The number of para-hydroxylation sites is 1. The number of anilines is 1. The maximum absolute atomic E-state index is 13.3. The lowest BCUT2D eigenvalue weighted by Crippen LogP contribution is -2.48. The summed E-state index contributed by atoms with van der Waals surface area (Å²) >= 11 is 0. The number of hydrogen-bond donors (Lipinski definition) is 1. The van der Waals surface area contributed by atoms with Crippen LogP contribution in [0.2, 0.25) is 0 Å². The Morgan fingerprint density at radius 2 is 2.22 bits per heavy atom. The fourth-order valence-electron chi connectivity index (χ4n) is 2.23. The van der Waals surface area contributed by atoms with E-state index in [4.69, 9.17) is 9.47 Å². The van der Waals surface area contributed by atoms with E-state index in [1.807, 2.05) is 4.90 Å². The molecular weight excluding hydrogens is 242 g/mol. The molecule has 0 aliphatic carbocycles. The monoisotopic (exact) mass is 256 g/mol. The average Bonchev–Trinajstić information content (AvgIpc) is 2.38. The third-order valence-corrected chi connectivity index (χ3v) is 3.04. The molecule has 0 bridgehead atoms. The van der Waals surface area contributed by atoms with E-state index < -0.39 is 12.7 Å². The number of alkyl halides is 2. The molecule has 3 rings (SSSR count). The first-order valence-electron chi connectivity index (χ1n) is 5.93. The van der Waals surface area contributed by atoms with Crippen molar-refractivity contribution >= 4 is 5.69 Å². The van der Waals surface area contributed by atoms with Gasteiger partial charge >= 0.3 is 0 Å². The molecule has 2 unspecified atom stereocenters. The van der Waals surface area contributed by atoms with Gasteiger partial charge in [-0.2, -0.15) is 4.39 Å². The van der Waals surface area contributed by atoms with E-state index in [0.29, 0.717) is 30.3 Å². The average molecular weight is 256 g/mol. The molecule has 18 heavy (non-hydrogen) atoms. The highest BCUT2D eigenvalue weighted by atomic mass is 19.1. The second-order valence-corrected chi connectivity index (χ2v) is 4.31. The lowest BCUT2D eigenvalue weighted by molar-refractivity contribution is -0.00252. The van der Waals surface area contributed by atoms with Crippen molar-refractivity contribution in [1.82, 2.24) is 5.32 Å². The van der Waals surface area contributed by atoms with Gasteiger partial charge < -0.3 is 14.4 Å². The highest BCUT2D eigenvalue weighted by molar-refractivity contribution is 5.65. The van der Waals surface area contributed by atoms with Crippen LogP contribution in [-0.4, -0.2) is 38.9 Å². The lowest BCUT2D eigenvalue weighted by Gasteiger charge is -2.34. The zero-order valence-electron chi connectivity index (χ0n) is 9.73. The van der Waals surface area contributed by atoms with Crippen LogP contribution in [-0.2, 0) is 0 Å². The molecule has 4 nitrogen and oxygen atoms in total. The molecule has 1 aromatic rings. The van der Waals surface area contributed by atoms with Gasteiger partial charge in [-0.25, -0.2) is 4.39 Å². The Hall–Kier alpha value is -1.56. The van der Waals surface area contributed by atoms with Crippen LogP contribution in [0.25, 0.3) is 0 Å². The molecule has 0 aromatic heterocycles. The molecule has 0 radical (unpaired) electrons. The third kappa shape index (κ3) is 2.08. The van der Waals surface area contributed by atoms with E-state index in [2.05, 4.69) is 5.32 Å². The van der Waals surface area contributed by atoms with E-state index in [1.54, 1.807) is 18.2 Å². The maximum Gasteiger partial charge on any atom is 0.272 e. The van der Waals surface area contributed by atoms with Gasteiger partial charge in [0.15, 0.2) is 24.4 Å². The molecule has 2 heterocycles. The standard InChI is InChI=1S/C12H14F2N2O2/c13-10-6-16(5-4-15-10)8-2-1-3-9-12(8)18-11(14)7-17-9/h1-3,10-11,15H,4-7H2. The Morgan fingerprint density at radius 1 is 1.33 bits per heavy atom. The summed E-state index contributed by atoms with van der Waals surface area (Å²) in [5.74, 6) is 0.876. The van der Waals surface area contributed by atoms with Gasteiger partial charge in [-0.15, -0.1) is 0 Å². The number of benzene rings is 1. The van der Waals surface area contributed by atoms with Crippen LogP contribution in [0, 0.1) is 0 Å². The van der Waals surface area contributed by atoms with Gasteiger partial charge in [0, 0.05) is 13.1 Å². The van der Waals surface area contributed by atoms with Gasteiger partial charge in [0.25, 0.3) is 6.36 Å². The van der Waals surface area contributed by atoms with Crippen molar-refractivity contribution in [3.8, 4) is 11.5 Å². The molecule has 1 aromatic carbocycles. The minimum absolute atomic E-state index is 0.107. The molecule has 2 aliphatic heterocycles. The summed E-state index contributed by atoms with van der Waals surface area (Å²) in [6, 6.07) is 5.31. The smallest absolute Gasteiger partial charge is 0.272 e. The number of hydrogen-bond acceptors (Lipinski definition) is 4. The molecule has 6 heteroatoms. The van der Waals surface area contributed by atoms with Crippen molar-refractivity contribution in [1.29, 1.82) is 0 Å². The molecule has 2 atom stereocenters. The highest BCUT2D eigenvalue weighted by Crippen LogP contribution is 2.41. The van der Waals surface area contributed by atoms with Crippen LogP contribution in [0.1, 0.15) is 0 Å². The van der Waals surface area contributed by atoms with Gasteiger partial charge in [0.1, 0.15) is 0 Å². The molecule has 0 spiro atoms. The fourth-order valence-corrected chi connectivity index (χ4v) is 2.23. The predicted molar refractivity (Wildman–Crippen MR) is 62.6 cm³/mol. The molecule has 0 saturated carbocycles. The second kappa shape index (κ2) is 4.61. The Bertz CT molecular complexity index is 444. The lowest BCUT2D eigenvalue weighted by atomic mass is 10.2. The van der Waals surface area contributed by atoms with Gasteiger partial charge in [-0.05, 0) is 12.1 Å².